The molecule has 0 aliphatic rings. The van der Waals surface area contributed by atoms with Gasteiger partial charge in [0.15, 0.2) is 0 Å². The lowest BCUT2D eigenvalue weighted by molar-refractivity contribution is -0.383. The van der Waals surface area contributed by atoms with Crippen molar-refractivity contribution < 1.29 is 19.6 Å². The number of aliphatic carboxylic acids is 1. The van der Waals surface area contributed by atoms with E-state index < -0.39 is 28.5 Å². The summed E-state index contributed by atoms with van der Waals surface area (Å²) in [4.78, 5) is 32.3. The van der Waals surface area contributed by atoms with Crippen molar-refractivity contribution in [2.75, 3.05) is 5.73 Å². The lowest BCUT2D eigenvalue weighted by Gasteiger charge is -2.11. The van der Waals surface area contributed by atoms with Gasteiger partial charge in [-0.2, -0.15) is 0 Å². The first kappa shape index (κ1) is 14.7. The summed E-state index contributed by atoms with van der Waals surface area (Å²) in [6.07, 6.45) is 0. The Morgan fingerprint density at radius 3 is 2.58 bits per heavy atom. The molecule has 0 bridgehead atoms. The molecule has 0 spiro atoms. The van der Waals surface area contributed by atoms with E-state index in [4.69, 9.17) is 22.4 Å². The van der Waals surface area contributed by atoms with Gasteiger partial charge in [-0.1, -0.05) is 11.6 Å². The van der Waals surface area contributed by atoms with E-state index in [1.165, 1.54) is 6.92 Å². The van der Waals surface area contributed by atoms with E-state index >= 15 is 0 Å². The number of nitrogens with two attached hydrogens (primary N) is 1. The van der Waals surface area contributed by atoms with Gasteiger partial charge in [0, 0.05) is 11.1 Å². The third-order valence-corrected chi connectivity index (χ3v) is 2.50. The fourth-order valence-corrected chi connectivity index (χ4v) is 1.49. The number of rotatable bonds is 4. The minimum Gasteiger partial charge on any atom is -0.480 e. The molecule has 8 nitrogen and oxygen atoms in total. The van der Waals surface area contributed by atoms with Crippen LogP contribution in [0.4, 0.5) is 11.4 Å². The number of nitro groups is 1. The number of hydrogen-bond acceptors (Lipinski definition) is 5. The lowest BCUT2D eigenvalue weighted by atomic mass is 10.1. The Labute approximate surface area is 112 Å². The number of carbonyl (C=O) groups excluding carboxylic acids is 1. The number of hydrogen-bond donors (Lipinski definition) is 3. The van der Waals surface area contributed by atoms with Crippen molar-refractivity contribution >= 4 is 34.9 Å². The number of carboxylic acid groups (broad SMARTS) is 1. The summed E-state index contributed by atoms with van der Waals surface area (Å²) in [6.45, 7) is 1.25. The van der Waals surface area contributed by atoms with E-state index in [1.54, 1.807) is 0 Å². The number of halogens is 1. The van der Waals surface area contributed by atoms with Gasteiger partial charge in [0.25, 0.3) is 11.6 Å². The second-order valence-electron chi connectivity index (χ2n) is 3.68. The number of nitro benzene ring substituents is 1. The van der Waals surface area contributed by atoms with Gasteiger partial charge in [-0.3, -0.25) is 19.7 Å². The highest BCUT2D eigenvalue weighted by atomic mass is 35.5. The maximum absolute atomic E-state index is 11.8. The standard InChI is InChI=1S/C10H10ClN3O5/c1-4(10(16)17)13-9(15)6-2-5(11)3-7(8(6)12)14(18)19/h2-4H,12H2,1H3,(H,13,15)(H,16,17). The van der Waals surface area contributed by atoms with Gasteiger partial charge in [-0.15, -0.1) is 0 Å². The molecule has 1 amide bonds. The van der Waals surface area contributed by atoms with E-state index in [0.29, 0.717) is 0 Å². The van der Waals surface area contributed by atoms with Crippen LogP contribution in [-0.4, -0.2) is 27.9 Å². The predicted molar refractivity (Wildman–Crippen MR) is 67.1 cm³/mol. The van der Waals surface area contributed by atoms with Crippen LogP contribution in [0.25, 0.3) is 0 Å². The number of carboxylic acids is 1. The number of anilines is 1. The SMILES string of the molecule is CC(NC(=O)c1cc(Cl)cc([N+](=O)[O-])c1N)C(=O)O. The minimum absolute atomic E-state index is 0.0472. The fourth-order valence-electron chi connectivity index (χ4n) is 1.28. The van der Waals surface area contributed by atoms with Gasteiger partial charge in [0.05, 0.1) is 10.5 Å². The predicted octanol–water partition coefficient (Wildman–Crippen LogP) is 1.03. The summed E-state index contributed by atoms with van der Waals surface area (Å²) >= 11 is 5.65. The topological polar surface area (TPSA) is 136 Å². The Bertz CT molecular complexity index is 560. The molecule has 1 aromatic rings. The minimum atomic E-state index is -1.25. The normalized spacial score (nSPS) is 11.7. The summed E-state index contributed by atoms with van der Waals surface area (Å²) in [6, 6.07) is 0.979. The summed E-state index contributed by atoms with van der Waals surface area (Å²) in [7, 11) is 0. The van der Waals surface area contributed by atoms with Crippen LogP contribution in [-0.2, 0) is 4.79 Å². The van der Waals surface area contributed by atoms with Crippen molar-refractivity contribution in [3.63, 3.8) is 0 Å². The molecule has 1 atom stereocenters. The molecule has 0 radical (unpaired) electrons. The maximum Gasteiger partial charge on any atom is 0.325 e. The lowest BCUT2D eigenvalue weighted by Crippen LogP contribution is -2.38. The molecule has 9 heteroatoms. The van der Waals surface area contributed by atoms with E-state index in [0.717, 1.165) is 12.1 Å². The molecule has 1 aromatic carbocycles. The largest absolute Gasteiger partial charge is 0.480 e. The van der Waals surface area contributed by atoms with Crippen LogP contribution >= 0.6 is 11.6 Å². The molecule has 102 valence electrons. The molecule has 0 aromatic heterocycles. The van der Waals surface area contributed by atoms with Crippen LogP contribution in [0.15, 0.2) is 12.1 Å². The summed E-state index contributed by atoms with van der Waals surface area (Å²) < 4.78 is 0. The Kier molecular flexibility index (Phi) is 4.28. The summed E-state index contributed by atoms with van der Waals surface area (Å²) in [5.74, 6) is -2.10. The third kappa shape index (κ3) is 3.32. The van der Waals surface area contributed by atoms with Gasteiger partial charge in [0.2, 0.25) is 0 Å². The second kappa shape index (κ2) is 5.53. The van der Waals surface area contributed by atoms with E-state index in [1.807, 2.05) is 0 Å². The van der Waals surface area contributed by atoms with Crippen LogP contribution in [0.3, 0.4) is 0 Å². The van der Waals surface area contributed by atoms with Crippen molar-refractivity contribution in [3.05, 3.63) is 32.8 Å². The first-order valence-corrected chi connectivity index (χ1v) is 5.39. The molecule has 4 N–H and O–H groups in total. The Balaban J connectivity index is 3.17. The second-order valence-corrected chi connectivity index (χ2v) is 4.11. The molecular weight excluding hydrogens is 278 g/mol. The zero-order valence-corrected chi connectivity index (χ0v) is 10.5. The monoisotopic (exact) mass is 287 g/mol. The molecule has 0 saturated heterocycles. The van der Waals surface area contributed by atoms with Crippen molar-refractivity contribution in [1.29, 1.82) is 0 Å². The van der Waals surface area contributed by atoms with Crippen LogP contribution < -0.4 is 11.1 Å². The number of nitrogen functional groups attached to an aromatic ring is 1. The highest BCUT2D eigenvalue weighted by Crippen LogP contribution is 2.29. The number of amides is 1. The van der Waals surface area contributed by atoms with E-state index in [2.05, 4.69) is 5.32 Å². The quantitative estimate of drug-likeness (QED) is 0.430. The molecule has 1 rings (SSSR count). The van der Waals surface area contributed by atoms with Gasteiger partial charge < -0.3 is 16.2 Å². The maximum atomic E-state index is 11.8. The molecule has 0 aliphatic heterocycles. The van der Waals surface area contributed by atoms with Gasteiger partial charge in [-0.05, 0) is 13.0 Å². The van der Waals surface area contributed by atoms with Crippen LogP contribution in [0.5, 0.6) is 0 Å². The average Bonchev–Trinajstić information content (AvgIpc) is 2.30. The average molecular weight is 288 g/mol. The Hall–Kier alpha value is -2.35. The highest BCUT2D eigenvalue weighted by molar-refractivity contribution is 6.31. The first-order chi connectivity index (χ1) is 8.73. The molecular formula is C10H10ClN3O5. The Morgan fingerprint density at radius 1 is 1.53 bits per heavy atom. The van der Waals surface area contributed by atoms with E-state index in [-0.39, 0.29) is 16.3 Å². The van der Waals surface area contributed by atoms with Crippen LogP contribution in [0.2, 0.25) is 5.02 Å². The number of benzene rings is 1. The first-order valence-electron chi connectivity index (χ1n) is 5.01. The van der Waals surface area contributed by atoms with E-state index in [9.17, 15) is 19.7 Å². The van der Waals surface area contributed by atoms with Crippen molar-refractivity contribution in [2.24, 2.45) is 0 Å². The van der Waals surface area contributed by atoms with Gasteiger partial charge in [0.1, 0.15) is 11.7 Å². The van der Waals surface area contributed by atoms with Crippen LogP contribution in [0, 0.1) is 10.1 Å². The summed E-state index contributed by atoms with van der Waals surface area (Å²) in [5, 5.41) is 21.5. The van der Waals surface area contributed by atoms with Crippen molar-refractivity contribution in [2.45, 2.75) is 13.0 Å². The number of nitrogens with zero attached hydrogens (tertiary/aromatic N) is 1. The molecule has 19 heavy (non-hydrogen) atoms. The molecule has 0 aliphatic carbocycles. The molecule has 0 saturated carbocycles. The molecule has 0 fully saturated rings. The van der Waals surface area contributed by atoms with Gasteiger partial charge >= 0.3 is 5.97 Å². The Morgan fingerprint density at radius 2 is 2.11 bits per heavy atom. The smallest absolute Gasteiger partial charge is 0.325 e. The van der Waals surface area contributed by atoms with Crippen molar-refractivity contribution in [3.8, 4) is 0 Å². The number of nitrogens with one attached hydrogen (secondary N) is 1. The summed E-state index contributed by atoms with van der Waals surface area (Å²) in [5.41, 5.74) is 4.37. The fraction of sp³-hybridized carbons (Fsp3) is 0.200. The zero-order valence-electron chi connectivity index (χ0n) is 9.71. The molecule has 0 heterocycles. The number of carbonyl (C=O) groups is 2. The van der Waals surface area contributed by atoms with Crippen molar-refractivity contribution in [1.82, 2.24) is 5.32 Å². The highest BCUT2D eigenvalue weighted by Gasteiger charge is 2.23. The van der Waals surface area contributed by atoms with Gasteiger partial charge in [-0.25, -0.2) is 0 Å². The molecule has 1 unspecified atom stereocenters. The zero-order chi connectivity index (χ0) is 14.7. The van der Waals surface area contributed by atoms with Crippen LogP contribution in [0.1, 0.15) is 17.3 Å². The third-order valence-electron chi connectivity index (χ3n) is 2.28.